The van der Waals surface area contributed by atoms with Crippen LogP contribution in [0.5, 0.6) is 0 Å². The van der Waals surface area contributed by atoms with Crippen molar-refractivity contribution in [2.45, 2.75) is 31.8 Å². The maximum absolute atomic E-state index is 9.85. The topological polar surface area (TPSA) is 30.0 Å². The van der Waals surface area contributed by atoms with E-state index >= 15 is 0 Å². The highest BCUT2D eigenvalue weighted by molar-refractivity contribution is 4.79. The fourth-order valence-corrected chi connectivity index (χ4v) is 3.28. The van der Waals surface area contributed by atoms with Gasteiger partial charge in [0.1, 0.15) is 0 Å². The van der Waals surface area contributed by atoms with Crippen molar-refractivity contribution in [2.75, 3.05) is 59.9 Å². The summed E-state index contributed by atoms with van der Waals surface area (Å²) in [5, 5.41) is 9.85. The van der Waals surface area contributed by atoms with Crippen molar-refractivity contribution in [1.29, 1.82) is 0 Å². The number of rotatable bonds is 6. The standard InChI is InChI=1S/C15H31N3O/c1-16(2)8-9-18-12-10-17(11-13-18)7-6-14-4-3-5-15(14)19/h14-15,19H,3-13H2,1-2H3. The molecule has 2 rings (SSSR count). The van der Waals surface area contributed by atoms with E-state index < -0.39 is 0 Å². The van der Waals surface area contributed by atoms with E-state index in [0.29, 0.717) is 5.92 Å². The maximum Gasteiger partial charge on any atom is 0.0568 e. The van der Waals surface area contributed by atoms with Crippen LogP contribution in [0.15, 0.2) is 0 Å². The smallest absolute Gasteiger partial charge is 0.0568 e. The van der Waals surface area contributed by atoms with Gasteiger partial charge >= 0.3 is 0 Å². The van der Waals surface area contributed by atoms with Crippen LogP contribution in [0.4, 0.5) is 0 Å². The fraction of sp³-hybridized carbons (Fsp3) is 1.00. The summed E-state index contributed by atoms with van der Waals surface area (Å²) in [6.07, 6.45) is 4.68. The van der Waals surface area contributed by atoms with Crippen LogP contribution in [-0.2, 0) is 0 Å². The van der Waals surface area contributed by atoms with Gasteiger partial charge in [0, 0.05) is 39.3 Å². The molecule has 2 fully saturated rings. The summed E-state index contributed by atoms with van der Waals surface area (Å²) in [6, 6.07) is 0. The molecular weight excluding hydrogens is 238 g/mol. The molecule has 1 saturated heterocycles. The largest absolute Gasteiger partial charge is 0.393 e. The summed E-state index contributed by atoms with van der Waals surface area (Å²) in [5.41, 5.74) is 0. The number of aliphatic hydroxyl groups excluding tert-OH is 1. The van der Waals surface area contributed by atoms with Gasteiger partial charge in [0.05, 0.1) is 6.10 Å². The van der Waals surface area contributed by atoms with Gasteiger partial charge in [-0.15, -0.1) is 0 Å². The lowest BCUT2D eigenvalue weighted by Crippen LogP contribution is -2.48. The van der Waals surface area contributed by atoms with Crippen molar-refractivity contribution in [2.24, 2.45) is 5.92 Å². The number of likely N-dealkylation sites (N-methyl/N-ethyl adjacent to an activating group) is 1. The Morgan fingerprint density at radius 3 is 2.16 bits per heavy atom. The molecule has 1 aliphatic carbocycles. The Kier molecular flexibility index (Phi) is 6.07. The zero-order valence-electron chi connectivity index (χ0n) is 12.7. The minimum absolute atomic E-state index is 0.0126. The Bertz CT molecular complexity index is 252. The Labute approximate surface area is 118 Å². The number of piperazine rings is 1. The SMILES string of the molecule is CN(C)CCN1CCN(CCC2CCCC2O)CC1. The summed E-state index contributed by atoms with van der Waals surface area (Å²) in [5.74, 6) is 0.576. The maximum atomic E-state index is 9.85. The molecule has 1 N–H and O–H groups in total. The predicted molar refractivity (Wildman–Crippen MR) is 79.4 cm³/mol. The summed E-state index contributed by atoms with van der Waals surface area (Å²) in [4.78, 5) is 7.41. The van der Waals surface area contributed by atoms with E-state index in [2.05, 4.69) is 28.8 Å². The van der Waals surface area contributed by atoms with Gasteiger partial charge in [0.15, 0.2) is 0 Å². The third-order valence-corrected chi connectivity index (χ3v) is 4.76. The summed E-state index contributed by atoms with van der Waals surface area (Å²) in [6.45, 7) is 8.37. The van der Waals surface area contributed by atoms with Gasteiger partial charge < -0.3 is 14.9 Å². The highest BCUT2D eigenvalue weighted by Crippen LogP contribution is 2.28. The van der Waals surface area contributed by atoms with Gasteiger partial charge in [0.2, 0.25) is 0 Å². The molecule has 4 nitrogen and oxygen atoms in total. The first-order valence-corrected chi connectivity index (χ1v) is 7.92. The van der Waals surface area contributed by atoms with Gasteiger partial charge in [-0.25, -0.2) is 0 Å². The molecule has 0 aromatic rings. The summed E-state index contributed by atoms with van der Waals surface area (Å²) < 4.78 is 0. The molecule has 1 heterocycles. The second-order valence-corrected chi connectivity index (χ2v) is 6.53. The average Bonchev–Trinajstić information content (AvgIpc) is 2.81. The molecule has 0 bridgehead atoms. The van der Waals surface area contributed by atoms with Gasteiger partial charge in [-0.1, -0.05) is 6.42 Å². The van der Waals surface area contributed by atoms with Crippen molar-refractivity contribution in [3.05, 3.63) is 0 Å². The molecule has 0 radical (unpaired) electrons. The molecule has 112 valence electrons. The van der Waals surface area contributed by atoms with Crippen molar-refractivity contribution in [3.63, 3.8) is 0 Å². The van der Waals surface area contributed by atoms with E-state index in [0.717, 1.165) is 13.0 Å². The molecule has 19 heavy (non-hydrogen) atoms. The highest BCUT2D eigenvalue weighted by Gasteiger charge is 2.26. The minimum Gasteiger partial charge on any atom is -0.393 e. The molecule has 2 unspecified atom stereocenters. The monoisotopic (exact) mass is 269 g/mol. The Morgan fingerprint density at radius 2 is 1.63 bits per heavy atom. The quantitative estimate of drug-likeness (QED) is 0.769. The summed E-state index contributed by atoms with van der Waals surface area (Å²) in [7, 11) is 4.28. The molecule has 0 aromatic heterocycles. The fourth-order valence-electron chi connectivity index (χ4n) is 3.28. The molecular formula is C15H31N3O. The van der Waals surface area contributed by atoms with Crippen molar-refractivity contribution < 1.29 is 5.11 Å². The van der Waals surface area contributed by atoms with Crippen LogP contribution in [-0.4, -0.2) is 85.8 Å². The van der Waals surface area contributed by atoms with Gasteiger partial charge in [-0.05, 0) is 45.8 Å². The van der Waals surface area contributed by atoms with Crippen LogP contribution in [0.1, 0.15) is 25.7 Å². The number of aliphatic hydroxyl groups is 1. The molecule has 4 heteroatoms. The molecule has 0 spiro atoms. The first-order valence-electron chi connectivity index (χ1n) is 7.92. The summed E-state index contributed by atoms with van der Waals surface area (Å²) >= 11 is 0. The zero-order chi connectivity index (χ0) is 13.7. The van der Waals surface area contributed by atoms with Crippen LogP contribution >= 0.6 is 0 Å². The van der Waals surface area contributed by atoms with E-state index in [1.165, 1.54) is 58.5 Å². The minimum atomic E-state index is -0.0126. The number of nitrogens with zero attached hydrogens (tertiary/aromatic N) is 3. The molecule has 1 aliphatic heterocycles. The number of hydrogen-bond donors (Lipinski definition) is 1. The second-order valence-electron chi connectivity index (χ2n) is 6.53. The van der Waals surface area contributed by atoms with E-state index in [1.807, 2.05) is 0 Å². The third-order valence-electron chi connectivity index (χ3n) is 4.76. The Balaban J connectivity index is 1.58. The van der Waals surface area contributed by atoms with Crippen molar-refractivity contribution in [3.8, 4) is 0 Å². The average molecular weight is 269 g/mol. The van der Waals surface area contributed by atoms with E-state index in [1.54, 1.807) is 0 Å². The third kappa shape index (κ3) is 5.03. The van der Waals surface area contributed by atoms with Gasteiger partial charge in [-0.3, -0.25) is 4.90 Å². The molecule has 0 amide bonds. The first-order chi connectivity index (χ1) is 9.15. The number of hydrogen-bond acceptors (Lipinski definition) is 4. The molecule has 2 atom stereocenters. The lowest BCUT2D eigenvalue weighted by atomic mass is 10.0. The van der Waals surface area contributed by atoms with E-state index in [9.17, 15) is 5.11 Å². The van der Waals surface area contributed by atoms with E-state index in [-0.39, 0.29) is 6.10 Å². The molecule has 2 aliphatic rings. The predicted octanol–water partition coefficient (Wildman–Crippen LogP) is 0.717. The lowest BCUT2D eigenvalue weighted by molar-refractivity contribution is 0.0957. The van der Waals surface area contributed by atoms with Gasteiger partial charge in [-0.2, -0.15) is 0 Å². The second kappa shape index (κ2) is 7.58. The van der Waals surface area contributed by atoms with Crippen LogP contribution in [0.25, 0.3) is 0 Å². The van der Waals surface area contributed by atoms with Crippen molar-refractivity contribution >= 4 is 0 Å². The van der Waals surface area contributed by atoms with Crippen LogP contribution in [0.3, 0.4) is 0 Å². The van der Waals surface area contributed by atoms with Gasteiger partial charge in [0.25, 0.3) is 0 Å². The zero-order valence-corrected chi connectivity index (χ0v) is 12.7. The highest BCUT2D eigenvalue weighted by atomic mass is 16.3. The normalized spacial score (nSPS) is 30.3. The Hall–Kier alpha value is -0.160. The van der Waals surface area contributed by atoms with Crippen LogP contribution < -0.4 is 0 Å². The Morgan fingerprint density at radius 1 is 1.00 bits per heavy atom. The molecule has 1 saturated carbocycles. The van der Waals surface area contributed by atoms with Crippen LogP contribution in [0.2, 0.25) is 0 Å². The first kappa shape index (κ1) is 15.2. The van der Waals surface area contributed by atoms with Crippen molar-refractivity contribution in [1.82, 2.24) is 14.7 Å². The van der Waals surface area contributed by atoms with Crippen LogP contribution in [0, 0.1) is 5.92 Å². The molecule has 0 aromatic carbocycles. The lowest BCUT2D eigenvalue weighted by Gasteiger charge is -2.35. The van der Waals surface area contributed by atoms with E-state index in [4.69, 9.17) is 0 Å².